The predicted octanol–water partition coefficient (Wildman–Crippen LogP) is 4.61. The molecule has 3 rings (SSSR count). The van der Waals surface area contributed by atoms with E-state index in [9.17, 15) is 9.90 Å². The summed E-state index contributed by atoms with van der Waals surface area (Å²) < 4.78 is 5.39. The van der Waals surface area contributed by atoms with Crippen LogP contribution in [0.4, 0.5) is 5.69 Å². The molecule has 1 atom stereocenters. The number of amides is 1. The van der Waals surface area contributed by atoms with Gasteiger partial charge in [-0.3, -0.25) is 4.79 Å². The van der Waals surface area contributed by atoms with Crippen molar-refractivity contribution in [1.82, 2.24) is 5.32 Å². The molecule has 1 aliphatic rings. The van der Waals surface area contributed by atoms with Gasteiger partial charge in [-0.15, -0.1) is 0 Å². The van der Waals surface area contributed by atoms with Crippen LogP contribution in [-0.2, 0) is 11.2 Å². The van der Waals surface area contributed by atoms with Crippen LogP contribution in [0.2, 0.25) is 5.02 Å². The van der Waals surface area contributed by atoms with E-state index in [1.54, 1.807) is 18.2 Å². The molecule has 1 heterocycles. The maximum absolute atomic E-state index is 12.3. The molecule has 1 amide bonds. The van der Waals surface area contributed by atoms with Gasteiger partial charge in [-0.2, -0.15) is 0 Å². The van der Waals surface area contributed by atoms with Crippen molar-refractivity contribution in [3.05, 3.63) is 57.5 Å². The van der Waals surface area contributed by atoms with Crippen LogP contribution in [0.15, 0.2) is 41.3 Å². The molecule has 1 aliphatic heterocycles. The minimum absolute atomic E-state index is 0.0979. The third-order valence-electron chi connectivity index (χ3n) is 4.04. The quantitative estimate of drug-likeness (QED) is 0.613. The molecule has 2 aromatic rings. The van der Waals surface area contributed by atoms with Gasteiger partial charge in [-0.25, -0.2) is 0 Å². The molecular formula is C20H21ClN2O3S. The number of anilines is 1. The fourth-order valence-electron chi connectivity index (χ4n) is 2.65. The van der Waals surface area contributed by atoms with Gasteiger partial charge >= 0.3 is 0 Å². The molecule has 1 fully saturated rings. The summed E-state index contributed by atoms with van der Waals surface area (Å²) >= 11 is 7.45. The number of benzene rings is 2. The lowest BCUT2D eigenvalue weighted by molar-refractivity contribution is -0.116. The number of thioether (sulfide) groups is 1. The first-order valence-electron chi connectivity index (χ1n) is 8.70. The molecule has 7 heteroatoms. The number of carbonyl (C=O) groups is 1. The van der Waals surface area contributed by atoms with Gasteiger partial charge in [0, 0.05) is 5.69 Å². The highest BCUT2D eigenvalue weighted by Crippen LogP contribution is 2.37. The van der Waals surface area contributed by atoms with Crippen LogP contribution in [0.5, 0.6) is 11.5 Å². The van der Waals surface area contributed by atoms with Crippen LogP contribution >= 0.6 is 23.4 Å². The Hall–Kier alpha value is -2.31. The minimum atomic E-state index is -0.254. The van der Waals surface area contributed by atoms with Crippen molar-refractivity contribution in [2.75, 3.05) is 11.9 Å². The summed E-state index contributed by atoms with van der Waals surface area (Å²) in [6, 6.07) is 11.4. The summed E-state index contributed by atoms with van der Waals surface area (Å²) in [5, 5.41) is 16.3. The zero-order valence-corrected chi connectivity index (χ0v) is 16.7. The Bertz CT molecular complexity index is 868. The van der Waals surface area contributed by atoms with Gasteiger partial charge < -0.3 is 20.5 Å². The Kier molecular flexibility index (Phi) is 6.19. The standard InChI is InChI=1S/C20H21ClN2O3S/c1-3-12-5-7-14(8-6-12)22-20-23-19(25)17(27-20)11-13-9-15(21)18(24)16(10-13)26-4-2/h5-11,20,22,24H,3-4H2,1-2H3,(H,23,25)/b17-11-. The Labute approximate surface area is 167 Å². The van der Waals surface area contributed by atoms with E-state index in [0.29, 0.717) is 22.8 Å². The van der Waals surface area contributed by atoms with E-state index in [1.165, 1.54) is 17.3 Å². The number of hydrogen-bond donors (Lipinski definition) is 3. The minimum Gasteiger partial charge on any atom is -0.503 e. The topological polar surface area (TPSA) is 70.6 Å². The number of hydrogen-bond acceptors (Lipinski definition) is 5. The fraction of sp³-hybridized carbons (Fsp3) is 0.250. The third kappa shape index (κ3) is 4.70. The van der Waals surface area contributed by atoms with Gasteiger partial charge in [0.05, 0.1) is 16.5 Å². The molecule has 0 aromatic heterocycles. The van der Waals surface area contributed by atoms with Gasteiger partial charge in [0.1, 0.15) is 0 Å². The third-order valence-corrected chi connectivity index (χ3v) is 5.36. The van der Waals surface area contributed by atoms with E-state index in [4.69, 9.17) is 16.3 Å². The van der Waals surface area contributed by atoms with Gasteiger partial charge in [-0.1, -0.05) is 42.4 Å². The zero-order valence-electron chi connectivity index (χ0n) is 15.1. The molecule has 2 aromatic carbocycles. The highest BCUT2D eigenvalue weighted by molar-refractivity contribution is 8.05. The van der Waals surface area contributed by atoms with E-state index in [-0.39, 0.29) is 22.2 Å². The van der Waals surface area contributed by atoms with E-state index in [0.717, 1.165) is 12.1 Å². The number of nitrogens with one attached hydrogen (secondary N) is 2. The molecule has 1 unspecified atom stereocenters. The summed E-state index contributed by atoms with van der Waals surface area (Å²) in [7, 11) is 0. The molecule has 27 heavy (non-hydrogen) atoms. The van der Waals surface area contributed by atoms with E-state index in [1.807, 2.05) is 19.1 Å². The van der Waals surface area contributed by atoms with Crippen molar-refractivity contribution in [3.8, 4) is 11.5 Å². The Morgan fingerprint density at radius 3 is 2.70 bits per heavy atom. The van der Waals surface area contributed by atoms with Crippen molar-refractivity contribution in [2.45, 2.75) is 25.8 Å². The van der Waals surface area contributed by atoms with Crippen LogP contribution in [0, 0.1) is 0 Å². The molecule has 0 spiro atoms. The largest absolute Gasteiger partial charge is 0.503 e. The van der Waals surface area contributed by atoms with Crippen molar-refractivity contribution in [3.63, 3.8) is 0 Å². The maximum Gasteiger partial charge on any atom is 0.260 e. The molecule has 1 saturated heterocycles. The zero-order chi connectivity index (χ0) is 19.4. The monoisotopic (exact) mass is 404 g/mol. The predicted molar refractivity (Wildman–Crippen MR) is 111 cm³/mol. The molecule has 5 nitrogen and oxygen atoms in total. The lowest BCUT2D eigenvalue weighted by atomic mass is 10.1. The molecular weight excluding hydrogens is 384 g/mol. The van der Waals surface area contributed by atoms with Crippen molar-refractivity contribution >= 4 is 41.0 Å². The number of carbonyl (C=O) groups excluding carboxylic acids is 1. The highest BCUT2D eigenvalue weighted by atomic mass is 35.5. The average Bonchev–Trinajstić information content (AvgIpc) is 2.99. The van der Waals surface area contributed by atoms with Gasteiger partial charge in [0.2, 0.25) is 0 Å². The normalized spacial score (nSPS) is 17.8. The smallest absolute Gasteiger partial charge is 0.260 e. The second-order valence-corrected chi connectivity index (χ2v) is 7.51. The van der Waals surface area contributed by atoms with E-state index in [2.05, 4.69) is 29.7 Å². The molecule has 0 saturated carbocycles. The van der Waals surface area contributed by atoms with Gasteiger partial charge in [-0.05, 0) is 54.8 Å². The Balaban J connectivity index is 1.74. The number of aromatic hydroxyl groups is 1. The Morgan fingerprint density at radius 2 is 2.04 bits per heavy atom. The molecule has 0 aliphatic carbocycles. The summed E-state index contributed by atoms with van der Waals surface area (Å²) in [4.78, 5) is 12.8. The number of halogens is 1. The lowest BCUT2D eigenvalue weighted by Gasteiger charge is -2.13. The summed E-state index contributed by atoms with van der Waals surface area (Å²) in [5.41, 5.74) is 2.64. The van der Waals surface area contributed by atoms with Crippen LogP contribution < -0.4 is 15.4 Å². The van der Waals surface area contributed by atoms with Crippen molar-refractivity contribution < 1.29 is 14.6 Å². The number of phenols is 1. The average molecular weight is 405 g/mol. The van der Waals surface area contributed by atoms with Crippen LogP contribution in [0.3, 0.4) is 0 Å². The fourth-order valence-corrected chi connectivity index (χ4v) is 3.85. The van der Waals surface area contributed by atoms with Crippen molar-refractivity contribution in [2.24, 2.45) is 0 Å². The second kappa shape index (κ2) is 8.59. The SMILES string of the molecule is CCOc1cc(/C=C2\SC(Nc3ccc(CC)cc3)NC2=O)cc(Cl)c1O. The van der Waals surface area contributed by atoms with Crippen molar-refractivity contribution in [1.29, 1.82) is 0 Å². The second-order valence-electron chi connectivity index (χ2n) is 5.96. The molecule has 142 valence electrons. The first-order valence-corrected chi connectivity index (χ1v) is 9.96. The van der Waals surface area contributed by atoms with E-state index < -0.39 is 0 Å². The number of aryl methyl sites for hydroxylation is 1. The van der Waals surface area contributed by atoms with Crippen LogP contribution in [0.25, 0.3) is 6.08 Å². The van der Waals surface area contributed by atoms with Gasteiger partial charge in [0.25, 0.3) is 5.91 Å². The summed E-state index contributed by atoms with van der Waals surface area (Å²) in [5.74, 6) is 0.0371. The maximum atomic E-state index is 12.3. The molecule has 3 N–H and O–H groups in total. The summed E-state index contributed by atoms with van der Waals surface area (Å²) in [6.45, 7) is 4.34. The number of rotatable bonds is 6. The van der Waals surface area contributed by atoms with Crippen LogP contribution in [0.1, 0.15) is 25.0 Å². The lowest BCUT2D eigenvalue weighted by Crippen LogP contribution is -2.30. The number of phenolic OH excluding ortho intramolecular Hbond substituents is 1. The molecule has 0 radical (unpaired) electrons. The highest BCUT2D eigenvalue weighted by Gasteiger charge is 2.27. The Morgan fingerprint density at radius 1 is 1.30 bits per heavy atom. The first-order chi connectivity index (χ1) is 13.0. The molecule has 0 bridgehead atoms. The number of ether oxygens (including phenoxy) is 1. The first kappa shape index (κ1) is 19.5. The van der Waals surface area contributed by atoms with E-state index >= 15 is 0 Å². The van der Waals surface area contributed by atoms with Gasteiger partial charge in [0.15, 0.2) is 17.0 Å². The van der Waals surface area contributed by atoms with Crippen LogP contribution in [-0.4, -0.2) is 23.1 Å². The summed E-state index contributed by atoms with van der Waals surface area (Å²) in [6.07, 6.45) is 2.72.